The van der Waals surface area contributed by atoms with Crippen LogP contribution in [0.5, 0.6) is 0 Å². The second-order valence-electron chi connectivity index (χ2n) is 3.12. The van der Waals surface area contributed by atoms with Crippen LogP contribution in [-0.2, 0) is 4.79 Å². The van der Waals surface area contributed by atoms with Crippen molar-refractivity contribution >= 4 is 30.7 Å². The first-order valence-electron chi connectivity index (χ1n) is 4.26. The van der Waals surface area contributed by atoms with Crippen LogP contribution >= 0.6 is 24.8 Å². The second kappa shape index (κ2) is 11.0. The molecule has 0 aromatic heterocycles. The van der Waals surface area contributed by atoms with Gasteiger partial charge in [-0.3, -0.25) is 4.79 Å². The molecule has 0 saturated carbocycles. The Balaban J connectivity index is -0.000000605. The Bertz CT molecular complexity index is 145. The Morgan fingerprint density at radius 1 is 1.29 bits per heavy atom. The lowest BCUT2D eigenvalue weighted by molar-refractivity contribution is -0.130. The zero-order chi connectivity index (χ0) is 9.56. The fourth-order valence-electron chi connectivity index (χ4n) is 0.964. The summed E-state index contributed by atoms with van der Waals surface area (Å²) in [4.78, 5) is 12.7. The van der Waals surface area contributed by atoms with E-state index in [2.05, 4.69) is 0 Å². The fraction of sp³-hybridized carbons (Fsp3) is 0.875. The lowest BCUT2D eigenvalue weighted by Crippen LogP contribution is -2.39. The molecule has 6 heteroatoms. The van der Waals surface area contributed by atoms with E-state index in [0.29, 0.717) is 6.54 Å². The summed E-state index contributed by atoms with van der Waals surface area (Å²) in [7, 11) is 3.43. The third-order valence-electron chi connectivity index (χ3n) is 1.73. The summed E-state index contributed by atoms with van der Waals surface area (Å²) in [6.45, 7) is 0.670. The van der Waals surface area contributed by atoms with Gasteiger partial charge < -0.3 is 16.4 Å². The monoisotopic (exact) mass is 245 g/mol. The van der Waals surface area contributed by atoms with Crippen molar-refractivity contribution in [1.29, 1.82) is 0 Å². The first-order chi connectivity index (χ1) is 5.59. The first-order valence-corrected chi connectivity index (χ1v) is 4.26. The summed E-state index contributed by atoms with van der Waals surface area (Å²) < 4.78 is 0. The number of likely N-dealkylation sites (N-methyl/N-ethyl adjacent to an activating group) is 1. The maximum Gasteiger partial charge on any atom is 0.238 e. The highest BCUT2D eigenvalue weighted by molar-refractivity contribution is 5.85. The van der Waals surface area contributed by atoms with E-state index in [-0.39, 0.29) is 36.8 Å². The molecular weight excluding hydrogens is 225 g/mol. The topological polar surface area (TPSA) is 72.3 Å². The predicted molar refractivity (Wildman–Crippen MR) is 64.1 cm³/mol. The number of hydrogen-bond donors (Lipinski definition) is 2. The van der Waals surface area contributed by atoms with E-state index in [0.717, 1.165) is 19.3 Å². The third kappa shape index (κ3) is 8.56. The minimum absolute atomic E-state index is 0. The normalized spacial score (nSPS) is 10.9. The lowest BCUT2D eigenvalue weighted by atomic mass is 10.1. The van der Waals surface area contributed by atoms with Gasteiger partial charge in [-0.2, -0.15) is 0 Å². The molecule has 0 rings (SSSR count). The Morgan fingerprint density at radius 2 is 1.79 bits per heavy atom. The first kappa shape index (κ1) is 19.5. The van der Waals surface area contributed by atoms with E-state index in [9.17, 15) is 4.79 Å². The molecule has 88 valence electrons. The smallest absolute Gasteiger partial charge is 0.238 e. The van der Waals surface area contributed by atoms with Crippen LogP contribution in [0.4, 0.5) is 0 Å². The molecule has 0 heterocycles. The van der Waals surface area contributed by atoms with E-state index in [1.807, 2.05) is 0 Å². The predicted octanol–water partition coefficient (Wildman–Crippen LogP) is 0.374. The summed E-state index contributed by atoms with van der Waals surface area (Å²) in [5.74, 6) is -0.00739. The number of hydrogen-bond acceptors (Lipinski definition) is 3. The quantitative estimate of drug-likeness (QED) is 0.688. The highest BCUT2D eigenvalue weighted by Crippen LogP contribution is 1.99. The molecule has 0 radical (unpaired) electrons. The molecule has 1 amide bonds. The maximum atomic E-state index is 11.2. The number of halogens is 2. The molecule has 0 aliphatic heterocycles. The van der Waals surface area contributed by atoms with Gasteiger partial charge in [0.05, 0.1) is 6.04 Å². The molecule has 0 aromatic rings. The molecule has 1 atom stereocenters. The van der Waals surface area contributed by atoms with E-state index in [4.69, 9.17) is 11.5 Å². The highest BCUT2D eigenvalue weighted by atomic mass is 35.5. The van der Waals surface area contributed by atoms with Crippen LogP contribution < -0.4 is 11.5 Å². The zero-order valence-corrected chi connectivity index (χ0v) is 10.4. The Hall–Kier alpha value is -0.0300. The molecular formula is C8H21Cl2N3O. The second-order valence-corrected chi connectivity index (χ2v) is 3.12. The molecule has 14 heavy (non-hydrogen) atoms. The number of carbonyl (C=O) groups is 1. The van der Waals surface area contributed by atoms with Crippen LogP contribution in [-0.4, -0.2) is 37.5 Å². The fourth-order valence-corrected chi connectivity index (χ4v) is 0.964. The van der Waals surface area contributed by atoms with Gasteiger partial charge in [-0.25, -0.2) is 0 Å². The van der Waals surface area contributed by atoms with Crippen LogP contribution in [0.15, 0.2) is 0 Å². The van der Waals surface area contributed by atoms with Gasteiger partial charge in [-0.15, -0.1) is 24.8 Å². The van der Waals surface area contributed by atoms with Gasteiger partial charge in [0.1, 0.15) is 0 Å². The largest absolute Gasteiger partial charge is 0.347 e. The van der Waals surface area contributed by atoms with Gasteiger partial charge in [0.2, 0.25) is 5.91 Å². The molecule has 0 saturated heterocycles. The standard InChI is InChI=1S/C8H19N3O.2ClH/c1-11(2)8(12)7(10)5-3-4-6-9;;/h7H,3-6,9-10H2,1-2H3;2*1H/t7-;;/m0../s1. The van der Waals surface area contributed by atoms with Crippen molar-refractivity contribution in [3.05, 3.63) is 0 Å². The van der Waals surface area contributed by atoms with Crippen LogP contribution in [0.1, 0.15) is 19.3 Å². The van der Waals surface area contributed by atoms with Crippen molar-refractivity contribution < 1.29 is 4.79 Å². The Morgan fingerprint density at radius 3 is 2.14 bits per heavy atom. The SMILES string of the molecule is CN(C)C(=O)[C@@H](N)CCCCN.Cl.Cl. The minimum Gasteiger partial charge on any atom is -0.347 e. The molecule has 0 unspecified atom stereocenters. The van der Waals surface area contributed by atoms with Crippen LogP contribution in [0, 0.1) is 0 Å². The maximum absolute atomic E-state index is 11.2. The van der Waals surface area contributed by atoms with Gasteiger partial charge in [0, 0.05) is 14.1 Å². The Labute approximate surface area is 98.2 Å². The molecule has 0 fully saturated rings. The van der Waals surface area contributed by atoms with Gasteiger partial charge in [0.15, 0.2) is 0 Å². The summed E-state index contributed by atoms with van der Waals surface area (Å²) in [5.41, 5.74) is 10.9. The number of nitrogens with zero attached hydrogens (tertiary/aromatic N) is 1. The number of rotatable bonds is 5. The Kier molecular flexibility index (Phi) is 15.4. The van der Waals surface area contributed by atoms with Crippen molar-refractivity contribution in [2.45, 2.75) is 25.3 Å². The third-order valence-corrected chi connectivity index (χ3v) is 1.73. The highest BCUT2D eigenvalue weighted by Gasteiger charge is 2.13. The average Bonchev–Trinajstić information content (AvgIpc) is 2.03. The van der Waals surface area contributed by atoms with Crippen molar-refractivity contribution in [2.75, 3.05) is 20.6 Å². The summed E-state index contributed by atoms with van der Waals surface area (Å²) >= 11 is 0. The molecule has 0 spiro atoms. The molecule has 0 bridgehead atoms. The number of carbonyl (C=O) groups excluding carboxylic acids is 1. The van der Waals surface area contributed by atoms with E-state index in [1.54, 1.807) is 14.1 Å². The van der Waals surface area contributed by atoms with Crippen molar-refractivity contribution in [3.63, 3.8) is 0 Å². The van der Waals surface area contributed by atoms with Gasteiger partial charge in [-0.1, -0.05) is 6.42 Å². The van der Waals surface area contributed by atoms with Crippen molar-refractivity contribution in [3.8, 4) is 0 Å². The molecule has 4 N–H and O–H groups in total. The van der Waals surface area contributed by atoms with Crippen LogP contribution in [0.3, 0.4) is 0 Å². The van der Waals surface area contributed by atoms with Crippen molar-refractivity contribution in [1.82, 2.24) is 4.90 Å². The van der Waals surface area contributed by atoms with Crippen LogP contribution in [0.2, 0.25) is 0 Å². The molecule has 4 nitrogen and oxygen atoms in total. The number of nitrogens with two attached hydrogens (primary N) is 2. The lowest BCUT2D eigenvalue weighted by Gasteiger charge is -2.16. The zero-order valence-electron chi connectivity index (χ0n) is 8.73. The van der Waals surface area contributed by atoms with E-state index >= 15 is 0 Å². The summed E-state index contributed by atoms with van der Waals surface area (Å²) in [6, 6.07) is -0.355. The average molecular weight is 246 g/mol. The minimum atomic E-state index is -0.355. The van der Waals surface area contributed by atoms with E-state index in [1.165, 1.54) is 4.90 Å². The van der Waals surface area contributed by atoms with Gasteiger partial charge in [-0.05, 0) is 19.4 Å². The van der Waals surface area contributed by atoms with Crippen molar-refractivity contribution in [2.24, 2.45) is 11.5 Å². The molecule has 0 aliphatic rings. The van der Waals surface area contributed by atoms with Gasteiger partial charge in [0.25, 0.3) is 0 Å². The summed E-state index contributed by atoms with van der Waals surface area (Å²) in [6.07, 6.45) is 2.60. The van der Waals surface area contributed by atoms with Gasteiger partial charge >= 0.3 is 0 Å². The molecule has 0 aliphatic carbocycles. The van der Waals surface area contributed by atoms with E-state index < -0.39 is 0 Å². The number of amides is 1. The number of unbranched alkanes of at least 4 members (excludes halogenated alkanes) is 1. The summed E-state index contributed by atoms with van der Waals surface area (Å²) in [5, 5.41) is 0. The molecule has 0 aromatic carbocycles. The van der Waals surface area contributed by atoms with Crippen LogP contribution in [0.25, 0.3) is 0 Å².